The van der Waals surface area contributed by atoms with Gasteiger partial charge in [0.25, 0.3) is 5.91 Å². The summed E-state index contributed by atoms with van der Waals surface area (Å²) in [5, 5.41) is 3.73. The third-order valence-electron chi connectivity index (χ3n) is 5.17. The molecule has 4 nitrogen and oxygen atoms in total. The highest BCUT2D eigenvalue weighted by atomic mass is 35.5. The minimum Gasteiger partial charge on any atom is -0.355 e. The van der Waals surface area contributed by atoms with Gasteiger partial charge in [-0.25, -0.2) is 0 Å². The number of likely N-dealkylation sites (tertiary alicyclic amines) is 1. The number of hydrogen-bond acceptors (Lipinski definition) is 2. The maximum atomic E-state index is 12.9. The number of rotatable bonds is 5. The molecular weight excluding hydrogens is 372 g/mol. The molecule has 1 heterocycles. The maximum absolute atomic E-state index is 12.9. The molecule has 1 atom stereocenters. The van der Waals surface area contributed by atoms with Crippen molar-refractivity contribution in [2.24, 2.45) is 5.92 Å². The van der Waals surface area contributed by atoms with Crippen molar-refractivity contribution in [3.63, 3.8) is 0 Å². The van der Waals surface area contributed by atoms with Crippen LogP contribution in [0.2, 0.25) is 5.02 Å². The minimum atomic E-state index is -0.145. The van der Waals surface area contributed by atoms with Gasteiger partial charge in [0.15, 0.2) is 0 Å². The molecule has 3 rings (SSSR count). The Hall–Kier alpha value is -2.33. The summed E-state index contributed by atoms with van der Waals surface area (Å²) in [4.78, 5) is 27.3. The minimum absolute atomic E-state index is 0.0189. The van der Waals surface area contributed by atoms with Crippen LogP contribution in [0.25, 0.3) is 0 Å². The zero-order valence-electron chi connectivity index (χ0n) is 16.5. The molecule has 1 aliphatic heterocycles. The summed E-state index contributed by atoms with van der Waals surface area (Å²) < 4.78 is 0. The van der Waals surface area contributed by atoms with Crippen LogP contribution in [0.5, 0.6) is 0 Å². The van der Waals surface area contributed by atoms with Gasteiger partial charge in [-0.3, -0.25) is 9.59 Å². The van der Waals surface area contributed by atoms with Crippen LogP contribution >= 0.6 is 11.6 Å². The molecule has 2 aromatic carbocycles. The van der Waals surface area contributed by atoms with Gasteiger partial charge in [-0.2, -0.15) is 0 Å². The van der Waals surface area contributed by atoms with Crippen LogP contribution in [0.4, 0.5) is 0 Å². The fraction of sp³-hybridized carbons (Fsp3) is 0.391. The van der Waals surface area contributed by atoms with E-state index in [0.717, 1.165) is 36.0 Å². The van der Waals surface area contributed by atoms with Gasteiger partial charge < -0.3 is 10.2 Å². The average Bonchev–Trinajstić information content (AvgIpc) is 2.68. The van der Waals surface area contributed by atoms with Crippen LogP contribution in [0.3, 0.4) is 0 Å². The zero-order valence-corrected chi connectivity index (χ0v) is 17.3. The Morgan fingerprint density at radius 1 is 1.11 bits per heavy atom. The van der Waals surface area contributed by atoms with Crippen LogP contribution in [0, 0.1) is 19.8 Å². The van der Waals surface area contributed by atoms with Crippen LogP contribution in [0.15, 0.2) is 42.5 Å². The summed E-state index contributed by atoms with van der Waals surface area (Å²) in [5.74, 6) is -0.0915. The van der Waals surface area contributed by atoms with Crippen molar-refractivity contribution in [3.8, 4) is 0 Å². The number of hydrogen-bond donors (Lipinski definition) is 1. The lowest BCUT2D eigenvalue weighted by atomic mass is 9.96. The van der Waals surface area contributed by atoms with Gasteiger partial charge in [-0.15, -0.1) is 0 Å². The first kappa shape index (κ1) is 20.4. The topological polar surface area (TPSA) is 49.4 Å². The van der Waals surface area contributed by atoms with Crippen molar-refractivity contribution < 1.29 is 9.59 Å². The lowest BCUT2D eigenvalue weighted by Gasteiger charge is -2.32. The van der Waals surface area contributed by atoms with E-state index >= 15 is 0 Å². The molecule has 0 bridgehead atoms. The molecule has 2 amide bonds. The standard InChI is InChI=1S/C23H27ClN2O2/c1-16-12-17(2)14-20(13-16)23(28)26-11-3-4-19(15-26)22(27)25-10-9-18-5-7-21(24)8-6-18/h5-8,12-14,19H,3-4,9-11,15H2,1-2H3,(H,25,27). The number of nitrogens with zero attached hydrogens (tertiary/aromatic N) is 1. The first-order chi connectivity index (χ1) is 13.4. The largest absolute Gasteiger partial charge is 0.355 e. The van der Waals surface area contributed by atoms with Gasteiger partial charge in [-0.1, -0.05) is 40.9 Å². The van der Waals surface area contributed by atoms with E-state index in [1.807, 2.05) is 55.1 Å². The number of aryl methyl sites for hydroxylation is 2. The Morgan fingerprint density at radius 3 is 2.46 bits per heavy atom. The van der Waals surface area contributed by atoms with Crippen LogP contribution in [-0.4, -0.2) is 36.3 Å². The van der Waals surface area contributed by atoms with Gasteiger partial charge in [0.05, 0.1) is 5.92 Å². The number of halogens is 1. The Kier molecular flexibility index (Phi) is 6.74. The van der Waals surface area contributed by atoms with Crippen LogP contribution < -0.4 is 5.32 Å². The van der Waals surface area contributed by atoms with Gasteiger partial charge in [0.2, 0.25) is 5.91 Å². The number of carbonyl (C=O) groups is 2. The number of amides is 2. The first-order valence-corrected chi connectivity index (χ1v) is 10.2. The second kappa shape index (κ2) is 9.24. The van der Waals surface area contributed by atoms with Gasteiger partial charge in [-0.05, 0) is 62.9 Å². The lowest BCUT2D eigenvalue weighted by molar-refractivity contribution is -0.126. The van der Waals surface area contributed by atoms with Gasteiger partial charge in [0.1, 0.15) is 0 Å². The van der Waals surface area contributed by atoms with E-state index < -0.39 is 0 Å². The molecule has 1 fully saturated rings. The maximum Gasteiger partial charge on any atom is 0.253 e. The Morgan fingerprint density at radius 2 is 1.79 bits per heavy atom. The SMILES string of the molecule is Cc1cc(C)cc(C(=O)N2CCCC(C(=O)NCCc3ccc(Cl)cc3)C2)c1. The average molecular weight is 399 g/mol. The third-order valence-corrected chi connectivity index (χ3v) is 5.43. The normalized spacial score (nSPS) is 16.7. The van der Waals surface area contributed by atoms with Crippen LogP contribution in [0.1, 0.15) is 39.9 Å². The molecule has 1 N–H and O–H groups in total. The lowest BCUT2D eigenvalue weighted by Crippen LogP contribution is -2.45. The number of carbonyl (C=O) groups excluding carboxylic acids is 2. The summed E-state index contributed by atoms with van der Waals surface area (Å²) in [6.45, 7) is 5.77. The summed E-state index contributed by atoms with van der Waals surface area (Å²) in [7, 11) is 0. The smallest absolute Gasteiger partial charge is 0.253 e. The molecule has 5 heteroatoms. The summed E-state index contributed by atoms with van der Waals surface area (Å²) in [6.07, 6.45) is 2.44. The highest BCUT2D eigenvalue weighted by Gasteiger charge is 2.28. The highest BCUT2D eigenvalue weighted by molar-refractivity contribution is 6.30. The third kappa shape index (κ3) is 5.35. The molecule has 1 saturated heterocycles. The number of nitrogens with one attached hydrogen (secondary N) is 1. The van der Waals surface area contributed by atoms with E-state index in [1.165, 1.54) is 0 Å². The number of benzene rings is 2. The predicted molar refractivity (Wildman–Crippen MR) is 113 cm³/mol. The molecular formula is C23H27ClN2O2. The van der Waals surface area contributed by atoms with E-state index in [4.69, 9.17) is 11.6 Å². The molecule has 0 radical (unpaired) electrons. The van der Waals surface area contributed by atoms with E-state index in [-0.39, 0.29) is 17.7 Å². The monoisotopic (exact) mass is 398 g/mol. The summed E-state index contributed by atoms with van der Waals surface area (Å²) in [6, 6.07) is 13.6. The molecule has 0 aromatic heterocycles. The van der Waals surface area contributed by atoms with Crippen LogP contribution in [-0.2, 0) is 11.2 Å². The molecule has 2 aromatic rings. The van der Waals surface area contributed by atoms with E-state index in [2.05, 4.69) is 11.4 Å². The molecule has 1 unspecified atom stereocenters. The molecule has 0 spiro atoms. The second-order valence-electron chi connectivity index (χ2n) is 7.63. The van der Waals surface area contributed by atoms with Crippen molar-refractivity contribution in [1.29, 1.82) is 0 Å². The number of piperidine rings is 1. The summed E-state index contributed by atoms with van der Waals surface area (Å²) >= 11 is 5.90. The Labute approximate surface area is 171 Å². The first-order valence-electron chi connectivity index (χ1n) is 9.82. The predicted octanol–water partition coefficient (Wildman–Crippen LogP) is 4.17. The van der Waals surface area contributed by atoms with E-state index in [1.54, 1.807) is 0 Å². The quantitative estimate of drug-likeness (QED) is 0.821. The second-order valence-corrected chi connectivity index (χ2v) is 8.07. The highest BCUT2D eigenvalue weighted by Crippen LogP contribution is 2.20. The molecule has 0 saturated carbocycles. The van der Waals surface area contributed by atoms with Gasteiger partial charge >= 0.3 is 0 Å². The fourth-order valence-electron chi connectivity index (χ4n) is 3.78. The van der Waals surface area contributed by atoms with Crippen molar-refractivity contribution >= 4 is 23.4 Å². The van der Waals surface area contributed by atoms with Crippen molar-refractivity contribution in [3.05, 3.63) is 69.7 Å². The van der Waals surface area contributed by atoms with Crippen molar-refractivity contribution in [2.75, 3.05) is 19.6 Å². The van der Waals surface area contributed by atoms with Crippen molar-refractivity contribution in [1.82, 2.24) is 10.2 Å². The van der Waals surface area contributed by atoms with E-state index in [9.17, 15) is 9.59 Å². The van der Waals surface area contributed by atoms with Gasteiger partial charge in [0, 0.05) is 30.2 Å². The molecule has 1 aliphatic rings. The molecule has 0 aliphatic carbocycles. The van der Waals surface area contributed by atoms with Crippen molar-refractivity contribution in [2.45, 2.75) is 33.1 Å². The zero-order chi connectivity index (χ0) is 20.1. The Balaban J connectivity index is 1.54. The molecule has 148 valence electrons. The fourth-order valence-corrected chi connectivity index (χ4v) is 3.91. The van der Waals surface area contributed by atoms with E-state index in [0.29, 0.717) is 30.2 Å². The summed E-state index contributed by atoms with van der Waals surface area (Å²) in [5.41, 5.74) is 4.01. The molecule has 28 heavy (non-hydrogen) atoms. The Bertz CT molecular complexity index is 828.